The molecular formula is C27H27N5O4S. The monoisotopic (exact) mass is 517 g/mol. The lowest BCUT2D eigenvalue weighted by molar-refractivity contribution is -0.119. The van der Waals surface area contributed by atoms with Crippen LogP contribution in [-0.4, -0.2) is 29.4 Å². The second-order valence-corrected chi connectivity index (χ2v) is 10.8. The molecular weight excluding hydrogens is 490 g/mol. The number of hydrogen-bond donors (Lipinski definition) is 1. The van der Waals surface area contributed by atoms with Crippen molar-refractivity contribution >= 4 is 27.6 Å². The topological polar surface area (TPSA) is 118 Å². The Morgan fingerprint density at radius 2 is 1.68 bits per heavy atom. The van der Waals surface area contributed by atoms with Crippen LogP contribution >= 0.6 is 0 Å². The van der Waals surface area contributed by atoms with E-state index >= 15 is 0 Å². The number of aromatic nitrogens is 3. The number of fused-ring (bicyclic) bond motifs is 1. The van der Waals surface area contributed by atoms with Crippen molar-refractivity contribution in [2.24, 2.45) is 0 Å². The summed E-state index contributed by atoms with van der Waals surface area (Å²) in [6.07, 6.45) is 1.06. The molecule has 0 unspecified atom stereocenters. The van der Waals surface area contributed by atoms with Crippen LogP contribution in [0.5, 0.6) is 0 Å². The van der Waals surface area contributed by atoms with Gasteiger partial charge in [0, 0.05) is 28.8 Å². The van der Waals surface area contributed by atoms with Gasteiger partial charge in [0.2, 0.25) is 11.8 Å². The van der Waals surface area contributed by atoms with Crippen molar-refractivity contribution in [2.45, 2.75) is 52.0 Å². The Kier molecular flexibility index (Phi) is 6.28. The van der Waals surface area contributed by atoms with Crippen LogP contribution < -0.4 is 9.62 Å². The van der Waals surface area contributed by atoms with Crippen LogP contribution in [0.4, 0.5) is 11.7 Å². The van der Waals surface area contributed by atoms with Crippen LogP contribution in [0.25, 0.3) is 11.1 Å². The molecule has 2 aromatic heterocycles. The second kappa shape index (κ2) is 9.44. The predicted molar refractivity (Wildman–Crippen MR) is 140 cm³/mol. The van der Waals surface area contributed by atoms with Gasteiger partial charge in [-0.05, 0) is 51.3 Å². The Hall–Kier alpha value is -4.05. The van der Waals surface area contributed by atoms with Gasteiger partial charge in [-0.3, -0.25) is 9.69 Å². The summed E-state index contributed by atoms with van der Waals surface area (Å²) in [6, 6.07) is 14.3. The van der Waals surface area contributed by atoms with E-state index in [0.717, 1.165) is 22.4 Å². The molecule has 0 fully saturated rings. The molecule has 0 saturated heterocycles. The van der Waals surface area contributed by atoms with Gasteiger partial charge in [0.15, 0.2) is 0 Å². The Labute approximate surface area is 215 Å². The number of nitrogens with one attached hydrogen (secondary N) is 1. The summed E-state index contributed by atoms with van der Waals surface area (Å²) in [4.78, 5) is 23.6. The van der Waals surface area contributed by atoms with Crippen molar-refractivity contribution in [1.82, 2.24) is 15.1 Å². The molecule has 1 N–H and O–H groups in total. The molecule has 10 heteroatoms. The average Bonchev–Trinajstić information content (AvgIpc) is 3.18. The van der Waals surface area contributed by atoms with E-state index in [-0.39, 0.29) is 16.7 Å². The van der Waals surface area contributed by atoms with Crippen LogP contribution in [0.15, 0.2) is 57.9 Å². The molecule has 1 aliphatic heterocycles. The average molecular weight is 518 g/mol. The van der Waals surface area contributed by atoms with Crippen LogP contribution in [0.2, 0.25) is 0 Å². The summed E-state index contributed by atoms with van der Waals surface area (Å²) in [7, 11) is -3.93. The zero-order valence-corrected chi connectivity index (χ0v) is 21.9. The normalized spacial score (nSPS) is 13.5. The van der Waals surface area contributed by atoms with Gasteiger partial charge in [-0.1, -0.05) is 47.6 Å². The quantitative estimate of drug-likeness (QED) is 0.396. The van der Waals surface area contributed by atoms with Gasteiger partial charge >= 0.3 is 0 Å². The van der Waals surface area contributed by atoms with E-state index in [1.807, 2.05) is 38.1 Å². The molecule has 3 heterocycles. The van der Waals surface area contributed by atoms with Gasteiger partial charge in [0.25, 0.3) is 10.0 Å². The van der Waals surface area contributed by atoms with E-state index < -0.39 is 10.0 Å². The van der Waals surface area contributed by atoms with E-state index in [1.165, 1.54) is 0 Å². The van der Waals surface area contributed by atoms with Crippen LogP contribution in [0.1, 0.15) is 40.3 Å². The van der Waals surface area contributed by atoms with Crippen LogP contribution in [0.3, 0.4) is 0 Å². The molecule has 5 rings (SSSR count). The molecule has 1 aliphatic rings. The first kappa shape index (κ1) is 24.6. The third-order valence-corrected chi connectivity index (χ3v) is 8.01. The Morgan fingerprint density at radius 1 is 0.946 bits per heavy atom. The van der Waals surface area contributed by atoms with E-state index in [9.17, 15) is 13.2 Å². The molecule has 0 radical (unpaired) electrons. The van der Waals surface area contributed by atoms with Crippen LogP contribution in [0, 0.1) is 27.7 Å². The summed E-state index contributed by atoms with van der Waals surface area (Å²) < 4.78 is 34.1. The molecule has 0 aliphatic carbocycles. The molecule has 1 amide bonds. The van der Waals surface area contributed by atoms with Crippen molar-refractivity contribution in [3.63, 3.8) is 0 Å². The number of benzene rings is 2. The Bertz CT molecular complexity index is 1610. The predicted octanol–water partition coefficient (Wildman–Crippen LogP) is 4.65. The summed E-state index contributed by atoms with van der Waals surface area (Å²) in [6.45, 7) is 7.63. The highest BCUT2D eigenvalue weighted by atomic mass is 32.2. The minimum atomic E-state index is -3.93. The Balaban J connectivity index is 1.43. The van der Waals surface area contributed by atoms with Crippen molar-refractivity contribution in [1.29, 1.82) is 0 Å². The number of carbonyl (C=O) groups is 1. The number of rotatable bonds is 6. The molecule has 0 saturated carbocycles. The number of anilines is 2. The van der Waals surface area contributed by atoms with Crippen molar-refractivity contribution < 1.29 is 17.7 Å². The SMILES string of the molecule is Cc1nc(C)c2c(n1)N(Cc1ccc(-c3ccccc3S(=O)(=O)Nc3onc(C)c3C)cc1)C(=O)CC2. The summed E-state index contributed by atoms with van der Waals surface area (Å²) in [5.74, 6) is 1.43. The lowest BCUT2D eigenvalue weighted by Gasteiger charge is -2.29. The fourth-order valence-electron chi connectivity index (χ4n) is 4.48. The highest BCUT2D eigenvalue weighted by Crippen LogP contribution is 2.32. The first-order chi connectivity index (χ1) is 17.6. The summed E-state index contributed by atoms with van der Waals surface area (Å²) in [5, 5.41) is 3.82. The van der Waals surface area contributed by atoms with Gasteiger partial charge in [-0.2, -0.15) is 0 Å². The number of carbonyl (C=O) groups excluding carboxylic acids is 1. The fraction of sp³-hybridized carbons (Fsp3) is 0.259. The second-order valence-electron chi connectivity index (χ2n) is 9.16. The number of hydrogen-bond acceptors (Lipinski definition) is 7. The molecule has 4 aromatic rings. The summed E-state index contributed by atoms with van der Waals surface area (Å²) in [5.41, 5.74) is 5.35. The largest absolute Gasteiger partial charge is 0.337 e. The third kappa shape index (κ3) is 4.72. The van der Waals surface area contributed by atoms with Gasteiger partial charge in [0.05, 0.1) is 17.1 Å². The zero-order chi connectivity index (χ0) is 26.3. The molecule has 190 valence electrons. The molecule has 37 heavy (non-hydrogen) atoms. The van der Waals surface area contributed by atoms with Gasteiger partial charge < -0.3 is 4.52 Å². The maximum Gasteiger partial charge on any atom is 0.264 e. The lowest BCUT2D eigenvalue weighted by Crippen LogP contribution is -2.36. The summed E-state index contributed by atoms with van der Waals surface area (Å²) >= 11 is 0. The highest BCUT2D eigenvalue weighted by Gasteiger charge is 2.28. The third-order valence-electron chi connectivity index (χ3n) is 6.62. The maximum atomic E-state index is 13.2. The standard InChI is InChI=1S/C27H27N5O4S/c1-16-17(2)30-36-27(16)31-37(34,35)24-8-6-5-7-23(24)21-11-9-20(10-12-21)15-32-25(33)14-13-22-18(3)28-19(4)29-26(22)32/h5-12,31H,13-15H2,1-4H3. The number of amides is 1. The number of sulfonamides is 1. The van der Waals surface area contributed by atoms with Gasteiger partial charge in [-0.25, -0.2) is 23.1 Å². The maximum absolute atomic E-state index is 13.2. The van der Waals surface area contributed by atoms with E-state index in [0.29, 0.717) is 47.8 Å². The fourth-order valence-corrected chi connectivity index (χ4v) is 5.76. The van der Waals surface area contributed by atoms with Gasteiger partial charge in [-0.15, -0.1) is 0 Å². The Morgan fingerprint density at radius 3 is 2.38 bits per heavy atom. The minimum absolute atomic E-state index is 0.0227. The molecule has 0 atom stereocenters. The van der Waals surface area contributed by atoms with Gasteiger partial charge in [0.1, 0.15) is 11.6 Å². The molecule has 0 spiro atoms. The first-order valence-electron chi connectivity index (χ1n) is 11.9. The highest BCUT2D eigenvalue weighted by molar-refractivity contribution is 7.92. The van der Waals surface area contributed by atoms with Crippen LogP contribution in [-0.2, 0) is 27.8 Å². The van der Waals surface area contributed by atoms with Crippen molar-refractivity contribution in [2.75, 3.05) is 9.62 Å². The molecule has 0 bridgehead atoms. The minimum Gasteiger partial charge on any atom is -0.337 e. The van der Waals surface area contributed by atoms with Crippen molar-refractivity contribution in [3.05, 3.63) is 82.4 Å². The molecule has 2 aromatic carbocycles. The number of aryl methyl sites for hydroxylation is 3. The van der Waals surface area contributed by atoms with E-state index in [4.69, 9.17) is 4.52 Å². The van der Waals surface area contributed by atoms with Crippen molar-refractivity contribution in [3.8, 4) is 11.1 Å². The number of nitrogens with zero attached hydrogens (tertiary/aromatic N) is 4. The molecule has 9 nitrogen and oxygen atoms in total. The first-order valence-corrected chi connectivity index (χ1v) is 13.4. The van der Waals surface area contributed by atoms with E-state index in [1.54, 1.807) is 43.0 Å². The smallest absolute Gasteiger partial charge is 0.264 e. The van der Waals surface area contributed by atoms with E-state index in [2.05, 4.69) is 19.8 Å². The lowest BCUT2D eigenvalue weighted by atomic mass is 10.0. The zero-order valence-electron chi connectivity index (χ0n) is 21.1.